The summed E-state index contributed by atoms with van der Waals surface area (Å²) >= 11 is 0. The second-order valence-corrected chi connectivity index (χ2v) is 7.39. The number of amides is 1. The van der Waals surface area contributed by atoms with Crippen LogP contribution in [-0.4, -0.2) is 55.0 Å². The molecule has 0 saturated heterocycles. The average molecular weight is 314 g/mol. The molecule has 1 N–H and O–H groups in total. The molecule has 0 aliphatic heterocycles. The van der Waals surface area contributed by atoms with E-state index in [1.165, 1.54) is 12.8 Å². The lowest BCUT2D eigenvalue weighted by Crippen LogP contribution is -2.48. The summed E-state index contributed by atoms with van der Waals surface area (Å²) in [6.07, 6.45) is 4.81. The molecule has 130 valence electrons. The summed E-state index contributed by atoms with van der Waals surface area (Å²) in [7, 11) is 1.78. The molecular weight excluding hydrogens is 280 g/mol. The van der Waals surface area contributed by atoms with E-state index in [-0.39, 0.29) is 12.1 Å². The molecule has 5 nitrogen and oxygen atoms in total. The van der Waals surface area contributed by atoms with Crippen molar-refractivity contribution in [3.63, 3.8) is 0 Å². The first-order valence-electron chi connectivity index (χ1n) is 8.50. The number of nitrogens with zero attached hydrogens (tertiary/aromatic N) is 1. The standard InChI is InChI=1S/C17H34N2O3/c1-13(2)19(16(20)22-17(3,4)5)12-11-18-14-9-7-8-10-15(14)21-6/h13-15,18H,7-12H2,1-6H3. The van der Waals surface area contributed by atoms with E-state index in [9.17, 15) is 4.79 Å². The van der Waals surface area contributed by atoms with E-state index in [1.54, 1.807) is 12.0 Å². The summed E-state index contributed by atoms with van der Waals surface area (Å²) in [6, 6.07) is 0.521. The Balaban J connectivity index is 2.45. The fourth-order valence-corrected chi connectivity index (χ4v) is 2.86. The van der Waals surface area contributed by atoms with Gasteiger partial charge in [0.25, 0.3) is 0 Å². The largest absolute Gasteiger partial charge is 0.444 e. The fraction of sp³-hybridized carbons (Fsp3) is 0.941. The third-order valence-corrected chi connectivity index (χ3v) is 4.02. The first-order chi connectivity index (χ1) is 10.2. The Hall–Kier alpha value is -0.810. The molecule has 2 atom stereocenters. The fourth-order valence-electron chi connectivity index (χ4n) is 2.86. The van der Waals surface area contributed by atoms with Crippen LogP contribution in [0.3, 0.4) is 0 Å². The van der Waals surface area contributed by atoms with Crippen LogP contribution in [0.1, 0.15) is 60.3 Å². The molecule has 0 heterocycles. The molecule has 22 heavy (non-hydrogen) atoms. The number of carbonyl (C=O) groups is 1. The molecule has 0 aromatic heterocycles. The van der Waals surface area contributed by atoms with Crippen molar-refractivity contribution in [2.45, 2.75) is 84.1 Å². The van der Waals surface area contributed by atoms with Gasteiger partial charge in [-0.15, -0.1) is 0 Å². The van der Waals surface area contributed by atoms with E-state index >= 15 is 0 Å². The van der Waals surface area contributed by atoms with Crippen LogP contribution < -0.4 is 5.32 Å². The molecule has 1 aliphatic rings. The van der Waals surface area contributed by atoms with Crippen molar-refractivity contribution < 1.29 is 14.3 Å². The summed E-state index contributed by atoms with van der Waals surface area (Å²) in [5, 5.41) is 3.55. The van der Waals surface area contributed by atoms with Gasteiger partial charge in [0.2, 0.25) is 0 Å². The number of rotatable bonds is 6. The van der Waals surface area contributed by atoms with Crippen LogP contribution in [-0.2, 0) is 9.47 Å². The normalized spacial score (nSPS) is 22.7. The highest BCUT2D eigenvalue weighted by atomic mass is 16.6. The van der Waals surface area contributed by atoms with Crippen LogP contribution in [0.4, 0.5) is 4.79 Å². The Kier molecular flexibility index (Phi) is 7.63. The van der Waals surface area contributed by atoms with Crippen molar-refractivity contribution >= 4 is 6.09 Å². The number of nitrogens with one attached hydrogen (secondary N) is 1. The van der Waals surface area contributed by atoms with Gasteiger partial charge in [0, 0.05) is 32.3 Å². The van der Waals surface area contributed by atoms with Crippen molar-refractivity contribution in [1.29, 1.82) is 0 Å². The molecule has 1 amide bonds. The minimum atomic E-state index is -0.456. The molecular formula is C17H34N2O3. The van der Waals surface area contributed by atoms with Gasteiger partial charge in [0.15, 0.2) is 0 Å². The lowest BCUT2D eigenvalue weighted by Gasteiger charge is -2.33. The van der Waals surface area contributed by atoms with Gasteiger partial charge in [0.1, 0.15) is 5.60 Å². The topological polar surface area (TPSA) is 50.8 Å². The van der Waals surface area contributed by atoms with Crippen molar-refractivity contribution in [1.82, 2.24) is 10.2 Å². The molecule has 1 rings (SSSR count). The second kappa shape index (κ2) is 8.73. The zero-order chi connectivity index (χ0) is 16.8. The van der Waals surface area contributed by atoms with Crippen molar-refractivity contribution in [3.05, 3.63) is 0 Å². The Morgan fingerprint density at radius 3 is 2.45 bits per heavy atom. The monoisotopic (exact) mass is 314 g/mol. The smallest absolute Gasteiger partial charge is 0.410 e. The molecule has 1 fully saturated rings. The second-order valence-electron chi connectivity index (χ2n) is 7.39. The Morgan fingerprint density at radius 2 is 1.91 bits per heavy atom. The van der Waals surface area contributed by atoms with E-state index in [0.29, 0.717) is 18.7 Å². The van der Waals surface area contributed by atoms with E-state index in [1.807, 2.05) is 34.6 Å². The summed E-state index contributed by atoms with van der Waals surface area (Å²) in [4.78, 5) is 14.0. The van der Waals surface area contributed by atoms with E-state index in [0.717, 1.165) is 19.4 Å². The quantitative estimate of drug-likeness (QED) is 0.818. The first kappa shape index (κ1) is 19.2. The zero-order valence-corrected chi connectivity index (χ0v) is 15.1. The Labute approximate surface area is 135 Å². The summed E-state index contributed by atoms with van der Waals surface area (Å²) < 4.78 is 11.0. The van der Waals surface area contributed by atoms with Gasteiger partial charge in [0.05, 0.1) is 6.10 Å². The van der Waals surface area contributed by atoms with E-state index in [2.05, 4.69) is 5.32 Å². The van der Waals surface area contributed by atoms with Crippen LogP contribution in [0, 0.1) is 0 Å². The maximum absolute atomic E-state index is 12.3. The zero-order valence-electron chi connectivity index (χ0n) is 15.1. The van der Waals surface area contributed by atoms with Crippen LogP contribution in [0.2, 0.25) is 0 Å². The molecule has 1 saturated carbocycles. The van der Waals surface area contributed by atoms with Crippen molar-refractivity contribution in [2.75, 3.05) is 20.2 Å². The SMILES string of the molecule is COC1CCCCC1NCCN(C(=O)OC(C)(C)C)C(C)C. The predicted octanol–water partition coefficient (Wildman–Crippen LogP) is 3.18. The molecule has 0 aromatic rings. The molecule has 0 bridgehead atoms. The predicted molar refractivity (Wildman–Crippen MR) is 89.1 cm³/mol. The number of methoxy groups -OCH3 is 1. The van der Waals surface area contributed by atoms with Crippen molar-refractivity contribution in [3.8, 4) is 0 Å². The van der Waals surface area contributed by atoms with Crippen LogP contribution in [0.25, 0.3) is 0 Å². The third kappa shape index (κ3) is 6.53. The highest BCUT2D eigenvalue weighted by Gasteiger charge is 2.26. The van der Waals surface area contributed by atoms with Gasteiger partial charge < -0.3 is 19.7 Å². The molecule has 1 aliphatic carbocycles. The molecule has 2 unspecified atom stereocenters. The van der Waals surface area contributed by atoms with Crippen LogP contribution in [0.15, 0.2) is 0 Å². The molecule has 5 heteroatoms. The van der Waals surface area contributed by atoms with E-state index < -0.39 is 5.60 Å². The van der Waals surface area contributed by atoms with Gasteiger partial charge in [-0.2, -0.15) is 0 Å². The number of ether oxygens (including phenoxy) is 2. The van der Waals surface area contributed by atoms with Gasteiger partial charge in [-0.05, 0) is 47.5 Å². The van der Waals surface area contributed by atoms with Gasteiger partial charge >= 0.3 is 6.09 Å². The van der Waals surface area contributed by atoms with E-state index in [4.69, 9.17) is 9.47 Å². The third-order valence-electron chi connectivity index (χ3n) is 4.02. The number of carbonyl (C=O) groups excluding carboxylic acids is 1. The minimum absolute atomic E-state index is 0.126. The average Bonchev–Trinajstić information content (AvgIpc) is 2.41. The highest BCUT2D eigenvalue weighted by Crippen LogP contribution is 2.20. The molecule has 0 spiro atoms. The lowest BCUT2D eigenvalue weighted by molar-refractivity contribution is 0.0172. The number of hydrogen-bond donors (Lipinski definition) is 1. The maximum atomic E-state index is 12.3. The van der Waals surface area contributed by atoms with Crippen LogP contribution in [0.5, 0.6) is 0 Å². The maximum Gasteiger partial charge on any atom is 0.410 e. The highest BCUT2D eigenvalue weighted by molar-refractivity contribution is 5.68. The number of hydrogen-bond acceptors (Lipinski definition) is 4. The van der Waals surface area contributed by atoms with Gasteiger partial charge in [-0.3, -0.25) is 0 Å². The summed E-state index contributed by atoms with van der Waals surface area (Å²) in [5.41, 5.74) is -0.456. The van der Waals surface area contributed by atoms with Gasteiger partial charge in [-0.25, -0.2) is 4.79 Å². The summed E-state index contributed by atoms with van der Waals surface area (Å²) in [6.45, 7) is 11.1. The Bertz CT molecular complexity index is 339. The minimum Gasteiger partial charge on any atom is -0.444 e. The lowest BCUT2D eigenvalue weighted by atomic mass is 9.92. The van der Waals surface area contributed by atoms with Crippen LogP contribution >= 0.6 is 0 Å². The molecule has 0 radical (unpaired) electrons. The first-order valence-corrected chi connectivity index (χ1v) is 8.50. The van der Waals surface area contributed by atoms with Gasteiger partial charge in [-0.1, -0.05) is 12.8 Å². The molecule has 0 aromatic carbocycles. The van der Waals surface area contributed by atoms with Crippen molar-refractivity contribution in [2.24, 2.45) is 0 Å². The summed E-state index contributed by atoms with van der Waals surface area (Å²) in [5.74, 6) is 0. The Morgan fingerprint density at radius 1 is 1.27 bits per heavy atom.